The highest BCUT2D eigenvalue weighted by Gasteiger charge is 2.42. The second-order valence-electron chi connectivity index (χ2n) is 3.46. The highest BCUT2D eigenvalue weighted by Crippen LogP contribution is 2.25. The number of halogens is 2. The van der Waals surface area contributed by atoms with Crippen molar-refractivity contribution in [3.05, 3.63) is 0 Å². The highest BCUT2D eigenvalue weighted by molar-refractivity contribution is 4.93. The zero-order chi connectivity index (χ0) is 10.5. The van der Waals surface area contributed by atoms with E-state index in [2.05, 4.69) is 5.32 Å². The van der Waals surface area contributed by atoms with Gasteiger partial charge in [-0.3, -0.25) is 0 Å². The van der Waals surface area contributed by atoms with Gasteiger partial charge in [0.25, 0.3) is 6.43 Å². The van der Waals surface area contributed by atoms with Crippen molar-refractivity contribution >= 4 is 0 Å². The molecule has 0 amide bonds. The Bertz CT molecular complexity index is 124. The third-order valence-electron chi connectivity index (χ3n) is 2.31. The summed E-state index contributed by atoms with van der Waals surface area (Å²) in [5, 5.41) is 2.82. The molecule has 0 aliphatic rings. The summed E-state index contributed by atoms with van der Waals surface area (Å²) in [5.41, 5.74) is -1.20. The fourth-order valence-electron chi connectivity index (χ4n) is 1.38. The summed E-state index contributed by atoms with van der Waals surface area (Å²) in [6.07, 6.45) is -2.41. The van der Waals surface area contributed by atoms with Crippen LogP contribution in [0.5, 0.6) is 0 Å². The van der Waals surface area contributed by atoms with Crippen molar-refractivity contribution in [3.63, 3.8) is 0 Å². The number of likely N-dealkylation sites (N-methyl/N-ethyl adjacent to an activating group) is 1. The van der Waals surface area contributed by atoms with Crippen LogP contribution in [0.3, 0.4) is 0 Å². The fraction of sp³-hybridized carbons (Fsp3) is 1.00. The molecule has 0 heterocycles. The Morgan fingerprint density at radius 1 is 1.38 bits per heavy atom. The molecule has 0 aliphatic carbocycles. The normalized spacial score (nSPS) is 16.6. The Hall–Kier alpha value is -0.220. The van der Waals surface area contributed by atoms with Crippen LogP contribution in [0.1, 0.15) is 20.8 Å². The van der Waals surface area contributed by atoms with Gasteiger partial charge in [-0.05, 0) is 12.5 Å². The maximum Gasteiger partial charge on any atom is 0.258 e. The van der Waals surface area contributed by atoms with Crippen molar-refractivity contribution in [2.24, 2.45) is 5.92 Å². The van der Waals surface area contributed by atoms with Crippen LogP contribution in [0.15, 0.2) is 0 Å². The zero-order valence-corrected chi connectivity index (χ0v) is 8.73. The molecular formula is C9H19F2NO. The van der Waals surface area contributed by atoms with Crippen LogP contribution in [-0.4, -0.2) is 32.2 Å². The van der Waals surface area contributed by atoms with E-state index in [0.717, 1.165) is 0 Å². The lowest BCUT2D eigenvalue weighted by atomic mass is 9.87. The number of methoxy groups -OCH3 is 1. The lowest BCUT2D eigenvalue weighted by Gasteiger charge is -2.36. The minimum Gasteiger partial charge on any atom is -0.383 e. The van der Waals surface area contributed by atoms with Crippen molar-refractivity contribution in [1.29, 1.82) is 0 Å². The van der Waals surface area contributed by atoms with E-state index in [1.165, 1.54) is 7.11 Å². The van der Waals surface area contributed by atoms with Crippen LogP contribution in [0, 0.1) is 5.92 Å². The quantitative estimate of drug-likeness (QED) is 0.699. The van der Waals surface area contributed by atoms with Gasteiger partial charge in [-0.2, -0.15) is 0 Å². The monoisotopic (exact) mass is 195 g/mol. The van der Waals surface area contributed by atoms with E-state index in [4.69, 9.17) is 4.74 Å². The van der Waals surface area contributed by atoms with Gasteiger partial charge in [0.1, 0.15) is 5.54 Å². The molecule has 4 heteroatoms. The minimum absolute atomic E-state index is 0.0379. The predicted octanol–water partition coefficient (Wildman–Crippen LogP) is 1.90. The summed E-state index contributed by atoms with van der Waals surface area (Å²) in [4.78, 5) is 0. The number of hydrogen-bond donors (Lipinski definition) is 1. The fourth-order valence-corrected chi connectivity index (χ4v) is 1.38. The van der Waals surface area contributed by atoms with E-state index in [1.807, 2.05) is 6.92 Å². The van der Waals surface area contributed by atoms with Gasteiger partial charge in [0, 0.05) is 7.11 Å². The molecule has 1 N–H and O–H groups in total. The molecule has 0 bridgehead atoms. The van der Waals surface area contributed by atoms with Crippen molar-refractivity contribution in [2.75, 3.05) is 20.3 Å². The summed E-state index contributed by atoms with van der Waals surface area (Å²) in [6.45, 7) is 5.92. The second-order valence-corrected chi connectivity index (χ2v) is 3.46. The molecule has 0 rings (SSSR count). The minimum atomic E-state index is -2.41. The molecule has 0 saturated carbocycles. The first-order valence-corrected chi connectivity index (χ1v) is 4.53. The van der Waals surface area contributed by atoms with Crippen molar-refractivity contribution in [2.45, 2.75) is 32.7 Å². The van der Waals surface area contributed by atoms with Crippen LogP contribution >= 0.6 is 0 Å². The number of alkyl halides is 2. The average molecular weight is 195 g/mol. The lowest BCUT2D eigenvalue weighted by molar-refractivity contribution is -0.0428. The molecule has 0 radical (unpaired) electrons. The first kappa shape index (κ1) is 12.8. The third kappa shape index (κ3) is 2.88. The Morgan fingerprint density at radius 3 is 2.15 bits per heavy atom. The molecule has 13 heavy (non-hydrogen) atoms. The molecule has 1 atom stereocenters. The number of ether oxygens (including phenoxy) is 1. The van der Waals surface area contributed by atoms with Gasteiger partial charge in [0.05, 0.1) is 6.61 Å². The van der Waals surface area contributed by atoms with Gasteiger partial charge in [-0.1, -0.05) is 20.8 Å². The second kappa shape index (κ2) is 5.50. The highest BCUT2D eigenvalue weighted by atomic mass is 19.3. The Balaban J connectivity index is 4.59. The standard InChI is InChI=1S/C9H19F2NO/c1-5-12-9(6-13-4,7(2)3)8(10)11/h7-8,12H,5-6H2,1-4H3. The van der Waals surface area contributed by atoms with Gasteiger partial charge in [0.2, 0.25) is 0 Å². The molecule has 0 aromatic rings. The van der Waals surface area contributed by atoms with E-state index < -0.39 is 12.0 Å². The van der Waals surface area contributed by atoms with E-state index >= 15 is 0 Å². The maximum atomic E-state index is 12.8. The lowest BCUT2D eigenvalue weighted by Crippen LogP contribution is -2.58. The first-order valence-electron chi connectivity index (χ1n) is 4.53. The summed E-state index contributed by atoms with van der Waals surface area (Å²) >= 11 is 0. The van der Waals surface area contributed by atoms with E-state index in [-0.39, 0.29) is 12.5 Å². The summed E-state index contributed by atoms with van der Waals surface area (Å²) in [5.74, 6) is -0.160. The van der Waals surface area contributed by atoms with Crippen LogP contribution < -0.4 is 5.32 Å². The van der Waals surface area contributed by atoms with Gasteiger partial charge in [0.15, 0.2) is 0 Å². The molecule has 0 aromatic heterocycles. The molecule has 1 unspecified atom stereocenters. The van der Waals surface area contributed by atoms with Gasteiger partial charge < -0.3 is 10.1 Å². The molecular weight excluding hydrogens is 176 g/mol. The summed E-state index contributed by atoms with van der Waals surface area (Å²) in [6, 6.07) is 0. The van der Waals surface area contributed by atoms with Crippen LogP contribution in [0.25, 0.3) is 0 Å². The van der Waals surface area contributed by atoms with E-state index in [9.17, 15) is 8.78 Å². The number of rotatable bonds is 6. The van der Waals surface area contributed by atoms with Crippen molar-refractivity contribution in [1.82, 2.24) is 5.32 Å². The summed E-state index contributed by atoms with van der Waals surface area (Å²) in [7, 11) is 1.44. The van der Waals surface area contributed by atoms with E-state index in [0.29, 0.717) is 6.54 Å². The van der Waals surface area contributed by atoms with Gasteiger partial charge in [-0.15, -0.1) is 0 Å². The van der Waals surface area contributed by atoms with Gasteiger partial charge >= 0.3 is 0 Å². The Kier molecular flexibility index (Phi) is 5.40. The molecule has 0 spiro atoms. The zero-order valence-electron chi connectivity index (χ0n) is 8.73. The topological polar surface area (TPSA) is 21.3 Å². The van der Waals surface area contributed by atoms with E-state index in [1.54, 1.807) is 13.8 Å². The SMILES string of the molecule is CCNC(COC)(C(C)C)C(F)F. The summed E-state index contributed by atoms with van der Waals surface area (Å²) < 4.78 is 30.5. The molecule has 0 aliphatic heterocycles. The van der Waals surface area contributed by atoms with Crippen molar-refractivity contribution < 1.29 is 13.5 Å². The first-order chi connectivity index (χ1) is 6.01. The van der Waals surface area contributed by atoms with Crippen LogP contribution in [-0.2, 0) is 4.74 Å². The smallest absolute Gasteiger partial charge is 0.258 e. The molecule has 0 aromatic carbocycles. The van der Waals surface area contributed by atoms with Crippen LogP contribution in [0.2, 0.25) is 0 Å². The largest absolute Gasteiger partial charge is 0.383 e. The number of hydrogen-bond acceptors (Lipinski definition) is 2. The molecule has 80 valence electrons. The average Bonchev–Trinajstić information content (AvgIpc) is 2.03. The maximum absolute atomic E-state index is 12.8. The third-order valence-corrected chi connectivity index (χ3v) is 2.31. The predicted molar refractivity (Wildman–Crippen MR) is 49.1 cm³/mol. The molecule has 2 nitrogen and oxygen atoms in total. The Morgan fingerprint density at radius 2 is 1.92 bits per heavy atom. The molecule has 0 fully saturated rings. The van der Waals surface area contributed by atoms with Crippen molar-refractivity contribution in [3.8, 4) is 0 Å². The van der Waals surface area contributed by atoms with Gasteiger partial charge in [-0.25, -0.2) is 8.78 Å². The number of nitrogens with one attached hydrogen (secondary N) is 1. The van der Waals surface area contributed by atoms with Crippen LogP contribution in [0.4, 0.5) is 8.78 Å². The molecule has 0 saturated heterocycles. The Labute approximate surface area is 78.7 Å².